The maximum atomic E-state index is 3.46. The summed E-state index contributed by atoms with van der Waals surface area (Å²) in [6.07, 6.45) is 2.60. The Hall–Kier alpha value is -0.0800. The molecule has 0 amide bonds. The van der Waals surface area contributed by atoms with E-state index in [1.54, 1.807) is 0 Å². The molecule has 2 unspecified atom stereocenters. The topological polar surface area (TPSA) is 15.3 Å². The van der Waals surface area contributed by atoms with E-state index in [0.717, 1.165) is 0 Å². The van der Waals surface area contributed by atoms with Gasteiger partial charge in [0.15, 0.2) is 0 Å². The van der Waals surface area contributed by atoms with Gasteiger partial charge in [-0.2, -0.15) is 0 Å². The Morgan fingerprint density at radius 2 is 1.87 bits per heavy atom. The summed E-state index contributed by atoms with van der Waals surface area (Å²) in [5.74, 6) is 0. The summed E-state index contributed by atoms with van der Waals surface area (Å²) < 4.78 is 0. The molecule has 1 fully saturated rings. The van der Waals surface area contributed by atoms with Crippen molar-refractivity contribution in [3.05, 3.63) is 0 Å². The first-order valence-corrected chi connectivity index (χ1v) is 6.29. The molecule has 0 bridgehead atoms. The maximum absolute atomic E-state index is 3.46. The standard InChI is InChI=1S/C13H28N2/c1-10(2)15-9-12(14-6)8-13(4,5)7-11(15)3/h10-12,14H,7-9H2,1-6H3. The van der Waals surface area contributed by atoms with Crippen LogP contribution in [-0.4, -0.2) is 36.6 Å². The van der Waals surface area contributed by atoms with Crippen LogP contribution in [0.1, 0.15) is 47.5 Å². The molecule has 90 valence electrons. The molecule has 2 atom stereocenters. The van der Waals surface area contributed by atoms with Crippen molar-refractivity contribution < 1.29 is 0 Å². The summed E-state index contributed by atoms with van der Waals surface area (Å²) in [5, 5.41) is 3.46. The third-order valence-electron chi connectivity index (χ3n) is 3.72. The average molecular weight is 212 g/mol. The molecule has 0 spiro atoms. The number of likely N-dealkylation sites (tertiary alicyclic amines) is 1. The summed E-state index contributed by atoms with van der Waals surface area (Å²) in [6.45, 7) is 13.0. The van der Waals surface area contributed by atoms with Gasteiger partial charge in [0.25, 0.3) is 0 Å². The number of likely N-dealkylation sites (N-methyl/N-ethyl adjacent to an activating group) is 1. The van der Waals surface area contributed by atoms with Gasteiger partial charge in [-0.15, -0.1) is 0 Å². The van der Waals surface area contributed by atoms with Crippen LogP contribution in [0.5, 0.6) is 0 Å². The van der Waals surface area contributed by atoms with Crippen LogP contribution in [0.2, 0.25) is 0 Å². The lowest BCUT2D eigenvalue weighted by Crippen LogP contribution is -2.44. The molecule has 1 heterocycles. The van der Waals surface area contributed by atoms with E-state index >= 15 is 0 Å². The highest BCUT2D eigenvalue weighted by Gasteiger charge is 2.33. The van der Waals surface area contributed by atoms with Crippen LogP contribution >= 0.6 is 0 Å². The third-order valence-corrected chi connectivity index (χ3v) is 3.72. The lowest BCUT2D eigenvalue weighted by atomic mass is 9.82. The fourth-order valence-corrected chi connectivity index (χ4v) is 3.08. The van der Waals surface area contributed by atoms with Crippen molar-refractivity contribution in [2.24, 2.45) is 5.41 Å². The first-order chi connectivity index (χ1) is 6.85. The van der Waals surface area contributed by atoms with Gasteiger partial charge < -0.3 is 5.32 Å². The molecule has 0 aromatic carbocycles. The predicted molar refractivity (Wildman–Crippen MR) is 67.2 cm³/mol. The average Bonchev–Trinajstić information content (AvgIpc) is 2.20. The molecule has 0 aliphatic carbocycles. The van der Waals surface area contributed by atoms with Crippen molar-refractivity contribution in [3.8, 4) is 0 Å². The van der Waals surface area contributed by atoms with Gasteiger partial charge in [-0.3, -0.25) is 4.90 Å². The fourth-order valence-electron chi connectivity index (χ4n) is 3.08. The molecule has 0 aromatic rings. The monoisotopic (exact) mass is 212 g/mol. The Balaban J connectivity index is 2.78. The number of hydrogen-bond acceptors (Lipinski definition) is 2. The van der Waals surface area contributed by atoms with Crippen LogP contribution in [0, 0.1) is 5.41 Å². The summed E-state index contributed by atoms with van der Waals surface area (Å²) in [4.78, 5) is 2.63. The van der Waals surface area contributed by atoms with E-state index < -0.39 is 0 Å². The molecule has 15 heavy (non-hydrogen) atoms. The Kier molecular flexibility index (Phi) is 4.19. The van der Waals surface area contributed by atoms with E-state index in [-0.39, 0.29) is 0 Å². The zero-order valence-electron chi connectivity index (χ0n) is 11.3. The van der Waals surface area contributed by atoms with Crippen LogP contribution < -0.4 is 5.32 Å². The number of rotatable bonds is 2. The van der Waals surface area contributed by atoms with Gasteiger partial charge in [0.2, 0.25) is 0 Å². The highest BCUT2D eigenvalue weighted by atomic mass is 15.2. The lowest BCUT2D eigenvalue weighted by molar-refractivity contribution is 0.147. The highest BCUT2D eigenvalue weighted by Crippen LogP contribution is 2.33. The minimum absolute atomic E-state index is 0.469. The fraction of sp³-hybridized carbons (Fsp3) is 1.00. The molecule has 0 aromatic heterocycles. The lowest BCUT2D eigenvalue weighted by Gasteiger charge is -2.33. The van der Waals surface area contributed by atoms with E-state index in [1.165, 1.54) is 19.4 Å². The van der Waals surface area contributed by atoms with Gasteiger partial charge in [0.1, 0.15) is 0 Å². The first-order valence-electron chi connectivity index (χ1n) is 6.29. The van der Waals surface area contributed by atoms with Crippen molar-refractivity contribution in [1.82, 2.24) is 10.2 Å². The molecule has 1 aliphatic heterocycles. The van der Waals surface area contributed by atoms with Gasteiger partial charge in [0, 0.05) is 24.7 Å². The molecule has 2 nitrogen and oxygen atoms in total. The zero-order chi connectivity index (χ0) is 11.6. The third kappa shape index (κ3) is 3.46. The van der Waals surface area contributed by atoms with Gasteiger partial charge in [0.05, 0.1) is 0 Å². The smallest absolute Gasteiger partial charge is 0.0197 e. The quantitative estimate of drug-likeness (QED) is 0.756. The maximum Gasteiger partial charge on any atom is 0.0197 e. The second kappa shape index (κ2) is 4.84. The molecular formula is C13H28N2. The van der Waals surface area contributed by atoms with Crippen molar-refractivity contribution in [3.63, 3.8) is 0 Å². The Bertz CT molecular complexity index is 199. The van der Waals surface area contributed by atoms with Gasteiger partial charge >= 0.3 is 0 Å². The molecular weight excluding hydrogens is 184 g/mol. The van der Waals surface area contributed by atoms with Crippen molar-refractivity contribution in [2.75, 3.05) is 13.6 Å². The number of nitrogens with zero attached hydrogens (tertiary/aromatic N) is 1. The summed E-state index contributed by atoms with van der Waals surface area (Å²) in [6, 6.07) is 2.01. The molecule has 1 rings (SSSR count). The van der Waals surface area contributed by atoms with Crippen LogP contribution in [0.25, 0.3) is 0 Å². The van der Waals surface area contributed by atoms with Crippen LogP contribution in [0.15, 0.2) is 0 Å². The minimum Gasteiger partial charge on any atom is -0.316 e. The molecule has 0 radical (unpaired) electrons. The molecule has 1 aliphatic rings. The normalized spacial score (nSPS) is 33.0. The van der Waals surface area contributed by atoms with Gasteiger partial charge in [-0.25, -0.2) is 0 Å². The summed E-state index contributed by atoms with van der Waals surface area (Å²) in [7, 11) is 2.09. The van der Waals surface area contributed by atoms with Crippen LogP contribution in [-0.2, 0) is 0 Å². The first kappa shape index (κ1) is 13.0. The zero-order valence-corrected chi connectivity index (χ0v) is 11.3. The Morgan fingerprint density at radius 1 is 1.27 bits per heavy atom. The van der Waals surface area contributed by atoms with E-state index in [4.69, 9.17) is 0 Å². The predicted octanol–water partition coefficient (Wildman–Crippen LogP) is 2.49. The van der Waals surface area contributed by atoms with E-state index in [1.807, 2.05) is 0 Å². The van der Waals surface area contributed by atoms with Gasteiger partial charge in [-0.05, 0) is 46.1 Å². The number of hydrogen-bond donors (Lipinski definition) is 1. The summed E-state index contributed by atoms with van der Waals surface area (Å²) in [5.41, 5.74) is 0.469. The molecule has 1 N–H and O–H groups in total. The van der Waals surface area contributed by atoms with Crippen molar-refractivity contribution in [2.45, 2.75) is 65.6 Å². The van der Waals surface area contributed by atoms with Crippen molar-refractivity contribution >= 4 is 0 Å². The molecule has 1 saturated heterocycles. The SMILES string of the molecule is CNC1CN(C(C)C)C(C)CC(C)(C)C1. The Labute approximate surface area is 95.4 Å². The molecule has 0 saturated carbocycles. The van der Waals surface area contributed by atoms with E-state index in [2.05, 4.69) is 51.9 Å². The van der Waals surface area contributed by atoms with E-state index in [9.17, 15) is 0 Å². The number of nitrogens with one attached hydrogen (secondary N) is 1. The largest absolute Gasteiger partial charge is 0.316 e. The summed E-state index contributed by atoms with van der Waals surface area (Å²) >= 11 is 0. The second-order valence-corrected chi connectivity index (χ2v) is 6.20. The van der Waals surface area contributed by atoms with E-state index in [0.29, 0.717) is 23.5 Å². The second-order valence-electron chi connectivity index (χ2n) is 6.20. The Morgan fingerprint density at radius 3 is 2.33 bits per heavy atom. The van der Waals surface area contributed by atoms with Crippen LogP contribution in [0.3, 0.4) is 0 Å². The molecule has 2 heteroatoms. The van der Waals surface area contributed by atoms with Gasteiger partial charge in [-0.1, -0.05) is 13.8 Å². The highest BCUT2D eigenvalue weighted by molar-refractivity contribution is 4.89. The van der Waals surface area contributed by atoms with Crippen molar-refractivity contribution in [1.29, 1.82) is 0 Å². The van der Waals surface area contributed by atoms with Crippen LogP contribution in [0.4, 0.5) is 0 Å². The minimum atomic E-state index is 0.469.